The van der Waals surface area contributed by atoms with Gasteiger partial charge in [-0.15, -0.1) is 0 Å². The highest BCUT2D eigenvalue weighted by atomic mass is 16.6. The number of methoxy groups -OCH3 is 1. The average Bonchev–Trinajstić information content (AvgIpc) is 2.82. The second kappa shape index (κ2) is 6.48. The first-order valence-electron chi connectivity index (χ1n) is 7.35. The van der Waals surface area contributed by atoms with E-state index in [9.17, 15) is 9.59 Å². The summed E-state index contributed by atoms with van der Waals surface area (Å²) in [5.41, 5.74) is -0.813. The maximum Gasteiger partial charge on any atom is 0.339 e. The third-order valence-corrected chi connectivity index (χ3v) is 3.84. The van der Waals surface area contributed by atoms with Crippen LogP contribution in [0.1, 0.15) is 38.7 Å². The molecule has 1 aromatic carbocycles. The van der Waals surface area contributed by atoms with Gasteiger partial charge in [0.1, 0.15) is 6.61 Å². The van der Waals surface area contributed by atoms with Crippen LogP contribution in [0, 0.1) is 0 Å². The molecule has 22 heavy (non-hydrogen) atoms. The van der Waals surface area contributed by atoms with Crippen molar-refractivity contribution in [2.75, 3.05) is 7.11 Å². The first kappa shape index (κ1) is 16.5. The van der Waals surface area contributed by atoms with Gasteiger partial charge in [-0.25, -0.2) is 4.79 Å². The van der Waals surface area contributed by atoms with Gasteiger partial charge in [-0.3, -0.25) is 4.79 Å². The summed E-state index contributed by atoms with van der Waals surface area (Å²) < 4.78 is 16.0. The highest BCUT2D eigenvalue weighted by Gasteiger charge is 2.52. The van der Waals surface area contributed by atoms with Crippen molar-refractivity contribution in [3.05, 3.63) is 35.9 Å². The first-order valence-corrected chi connectivity index (χ1v) is 7.35. The van der Waals surface area contributed by atoms with Crippen LogP contribution in [0.15, 0.2) is 30.3 Å². The zero-order valence-electron chi connectivity index (χ0n) is 13.3. The standard InChI is InChI=1S/C17H22O5/c1-16(2)9-10-17(22-16,11-14(18)20-3)15(19)21-12-13-7-5-4-6-8-13/h4-8H,9-12H2,1-3H3/t17-/m1/s1. The quantitative estimate of drug-likeness (QED) is 0.783. The maximum absolute atomic E-state index is 12.5. The number of carbonyl (C=O) groups excluding carboxylic acids is 2. The lowest BCUT2D eigenvalue weighted by Crippen LogP contribution is -2.44. The number of benzene rings is 1. The number of hydrogen-bond donors (Lipinski definition) is 0. The van der Waals surface area contributed by atoms with Crippen LogP contribution in [-0.2, 0) is 30.4 Å². The molecule has 0 unspecified atom stereocenters. The summed E-state index contributed by atoms with van der Waals surface area (Å²) in [7, 11) is 1.30. The Labute approximate surface area is 130 Å². The van der Waals surface area contributed by atoms with Crippen molar-refractivity contribution in [2.45, 2.75) is 50.9 Å². The van der Waals surface area contributed by atoms with Crippen LogP contribution in [0.3, 0.4) is 0 Å². The molecule has 1 saturated heterocycles. The van der Waals surface area contributed by atoms with Gasteiger partial charge in [-0.2, -0.15) is 0 Å². The molecule has 0 aliphatic carbocycles. The van der Waals surface area contributed by atoms with Crippen LogP contribution in [-0.4, -0.2) is 30.3 Å². The Kier molecular flexibility index (Phi) is 4.86. The summed E-state index contributed by atoms with van der Waals surface area (Å²) in [6.45, 7) is 3.96. The van der Waals surface area contributed by atoms with Crippen LogP contribution >= 0.6 is 0 Å². The highest BCUT2D eigenvalue weighted by molar-refractivity contribution is 5.86. The molecule has 1 fully saturated rings. The Morgan fingerprint density at radius 2 is 1.86 bits per heavy atom. The SMILES string of the molecule is COC(=O)C[C@@]1(C(=O)OCc2ccccc2)CCC(C)(C)O1. The number of rotatable bonds is 5. The van der Waals surface area contributed by atoms with E-state index < -0.39 is 23.1 Å². The van der Waals surface area contributed by atoms with E-state index in [1.807, 2.05) is 44.2 Å². The molecule has 0 spiro atoms. The van der Waals surface area contributed by atoms with Crippen LogP contribution < -0.4 is 0 Å². The van der Waals surface area contributed by atoms with Gasteiger partial charge in [-0.05, 0) is 32.3 Å². The van der Waals surface area contributed by atoms with Crippen LogP contribution in [0.25, 0.3) is 0 Å². The lowest BCUT2D eigenvalue weighted by atomic mass is 9.94. The highest BCUT2D eigenvalue weighted by Crippen LogP contribution is 2.41. The zero-order valence-corrected chi connectivity index (χ0v) is 13.3. The number of ether oxygens (including phenoxy) is 3. The van der Waals surface area contributed by atoms with Gasteiger partial charge in [0.2, 0.25) is 0 Å². The van der Waals surface area contributed by atoms with Gasteiger partial charge in [-0.1, -0.05) is 30.3 Å². The summed E-state index contributed by atoms with van der Waals surface area (Å²) in [6.07, 6.45) is 1.01. The van der Waals surface area contributed by atoms with Gasteiger partial charge in [0.25, 0.3) is 0 Å². The normalized spacial score (nSPS) is 23.0. The minimum Gasteiger partial charge on any atom is -0.469 e. The molecular weight excluding hydrogens is 284 g/mol. The van der Waals surface area contributed by atoms with Crippen molar-refractivity contribution in [1.82, 2.24) is 0 Å². The molecule has 1 atom stereocenters. The van der Waals surface area contributed by atoms with Gasteiger partial charge in [0.15, 0.2) is 5.60 Å². The summed E-state index contributed by atoms with van der Waals surface area (Å²) in [5, 5.41) is 0. The molecule has 1 aromatic rings. The number of hydrogen-bond acceptors (Lipinski definition) is 5. The van der Waals surface area contributed by atoms with E-state index in [1.54, 1.807) is 0 Å². The monoisotopic (exact) mass is 306 g/mol. The predicted octanol–water partition coefficient (Wildman–Crippen LogP) is 2.62. The molecule has 1 aliphatic heterocycles. The van der Waals surface area contributed by atoms with E-state index in [0.717, 1.165) is 5.56 Å². The van der Waals surface area contributed by atoms with Crippen molar-refractivity contribution in [2.24, 2.45) is 0 Å². The number of esters is 2. The molecule has 0 aromatic heterocycles. The lowest BCUT2D eigenvalue weighted by molar-refractivity contribution is -0.184. The Morgan fingerprint density at radius 3 is 2.41 bits per heavy atom. The molecule has 0 radical (unpaired) electrons. The van der Waals surface area contributed by atoms with Crippen molar-refractivity contribution in [1.29, 1.82) is 0 Å². The summed E-state index contributed by atoms with van der Waals surface area (Å²) in [6, 6.07) is 9.40. The van der Waals surface area contributed by atoms with Crippen LogP contribution in [0.4, 0.5) is 0 Å². The van der Waals surface area contributed by atoms with Gasteiger partial charge >= 0.3 is 11.9 Å². The minimum atomic E-state index is -1.24. The maximum atomic E-state index is 12.5. The molecule has 2 rings (SSSR count). The Bertz CT molecular complexity index is 537. The molecule has 0 saturated carbocycles. The van der Waals surface area contributed by atoms with E-state index in [2.05, 4.69) is 0 Å². The fourth-order valence-corrected chi connectivity index (χ4v) is 2.63. The van der Waals surface area contributed by atoms with Crippen molar-refractivity contribution >= 4 is 11.9 Å². The topological polar surface area (TPSA) is 61.8 Å². The molecule has 1 heterocycles. The molecule has 1 aliphatic rings. The molecule has 0 N–H and O–H groups in total. The third kappa shape index (κ3) is 3.85. The van der Waals surface area contributed by atoms with Crippen molar-refractivity contribution in [3.63, 3.8) is 0 Å². The van der Waals surface area contributed by atoms with Gasteiger partial charge < -0.3 is 14.2 Å². The van der Waals surface area contributed by atoms with Crippen LogP contribution in [0.2, 0.25) is 0 Å². The minimum absolute atomic E-state index is 0.124. The fourth-order valence-electron chi connectivity index (χ4n) is 2.63. The Hall–Kier alpha value is -1.88. The molecule has 0 amide bonds. The lowest BCUT2D eigenvalue weighted by Gasteiger charge is -2.28. The molecule has 0 bridgehead atoms. The summed E-state index contributed by atoms with van der Waals surface area (Å²) >= 11 is 0. The van der Waals surface area contributed by atoms with Crippen molar-refractivity contribution < 1.29 is 23.8 Å². The predicted molar refractivity (Wildman–Crippen MR) is 80.0 cm³/mol. The van der Waals surface area contributed by atoms with E-state index in [0.29, 0.717) is 12.8 Å². The molecule has 120 valence electrons. The van der Waals surface area contributed by atoms with E-state index in [1.165, 1.54) is 7.11 Å². The molecule has 5 nitrogen and oxygen atoms in total. The largest absolute Gasteiger partial charge is 0.469 e. The van der Waals surface area contributed by atoms with Gasteiger partial charge in [0, 0.05) is 0 Å². The van der Waals surface area contributed by atoms with E-state index >= 15 is 0 Å². The van der Waals surface area contributed by atoms with E-state index in [-0.39, 0.29) is 13.0 Å². The molecular formula is C17H22O5. The average molecular weight is 306 g/mol. The Balaban J connectivity index is 2.08. The molecule has 5 heteroatoms. The zero-order chi connectivity index (χ0) is 16.2. The second-order valence-electron chi connectivity index (χ2n) is 6.17. The van der Waals surface area contributed by atoms with E-state index in [4.69, 9.17) is 14.2 Å². The summed E-state index contributed by atoms with van der Waals surface area (Å²) in [5.74, 6) is -0.985. The fraction of sp³-hybridized carbons (Fsp3) is 0.529. The summed E-state index contributed by atoms with van der Waals surface area (Å²) in [4.78, 5) is 24.2. The first-order chi connectivity index (χ1) is 10.4. The second-order valence-corrected chi connectivity index (χ2v) is 6.17. The van der Waals surface area contributed by atoms with Crippen LogP contribution in [0.5, 0.6) is 0 Å². The van der Waals surface area contributed by atoms with Gasteiger partial charge in [0.05, 0.1) is 19.1 Å². The smallest absolute Gasteiger partial charge is 0.339 e. The third-order valence-electron chi connectivity index (χ3n) is 3.84. The number of carbonyl (C=O) groups is 2. The Morgan fingerprint density at radius 1 is 1.18 bits per heavy atom. The van der Waals surface area contributed by atoms with Crippen molar-refractivity contribution in [3.8, 4) is 0 Å².